The molecule has 4 heteroatoms. The number of hydrogen-bond acceptors (Lipinski definition) is 2. The zero-order valence-electron chi connectivity index (χ0n) is 11.4. The summed E-state index contributed by atoms with van der Waals surface area (Å²) in [6, 6.07) is 3.99. The molecule has 1 aromatic rings. The zero-order valence-corrected chi connectivity index (χ0v) is 11.4. The van der Waals surface area contributed by atoms with Crippen molar-refractivity contribution in [1.29, 1.82) is 0 Å². The van der Waals surface area contributed by atoms with Crippen molar-refractivity contribution in [1.82, 2.24) is 9.88 Å². The van der Waals surface area contributed by atoms with Gasteiger partial charge in [-0.05, 0) is 38.8 Å². The molecular formula is C14H24N2O2. The normalized spacial score (nSPS) is 10.8. The van der Waals surface area contributed by atoms with Crippen LogP contribution >= 0.6 is 0 Å². The second kappa shape index (κ2) is 8.75. The van der Waals surface area contributed by atoms with Crippen molar-refractivity contribution in [3.63, 3.8) is 0 Å². The molecule has 0 spiro atoms. The SMILES string of the molecule is CC(C)OCCCNC(=O)CCCn1cccc1. The van der Waals surface area contributed by atoms with Crippen LogP contribution in [0.15, 0.2) is 24.5 Å². The zero-order chi connectivity index (χ0) is 13.2. The molecule has 1 N–H and O–H groups in total. The standard InChI is InChI=1S/C14H24N2O2/c1-13(2)18-12-6-8-15-14(17)7-5-11-16-9-3-4-10-16/h3-4,9-10,13H,5-8,11-12H2,1-2H3,(H,15,17). The lowest BCUT2D eigenvalue weighted by atomic mass is 10.3. The molecule has 4 nitrogen and oxygen atoms in total. The molecule has 18 heavy (non-hydrogen) atoms. The number of hydrogen-bond donors (Lipinski definition) is 1. The first-order valence-electron chi connectivity index (χ1n) is 6.67. The number of nitrogens with zero attached hydrogens (tertiary/aromatic N) is 1. The molecule has 0 aliphatic rings. The fraction of sp³-hybridized carbons (Fsp3) is 0.643. The highest BCUT2D eigenvalue weighted by molar-refractivity contribution is 5.75. The molecular weight excluding hydrogens is 228 g/mol. The van der Waals surface area contributed by atoms with Gasteiger partial charge in [0.25, 0.3) is 0 Å². The largest absolute Gasteiger partial charge is 0.379 e. The fourth-order valence-electron chi connectivity index (χ4n) is 1.65. The number of nitrogens with one attached hydrogen (secondary N) is 1. The molecule has 0 aliphatic carbocycles. The number of ether oxygens (including phenoxy) is 1. The molecule has 1 amide bonds. The van der Waals surface area contributed by atoms with Gasteiger partial charge in [0.15, 0.2) is 0 Å². The van der Waals surface area contributed by atoms with Crippen LogP contribution in [0.25, 0.3) is 0 Å². The van der Waals surface area contributed by atoms with Gasteiger partial charge in [-0.25, -0.2) is 0 Å². The summed E-state index contributed by atoms with van der Waals surface area (Å²) in [4.78, 5) is 11.5. The second-order valence-corrected chi connectivity index (χ2v) is 4.65. The maximum Gasteiger partial charge on any atom is 0.220 e. The first-order chi connectivity index (χ1) is 8.68. The Hall–Kier alpha value is -1.29. The molecule has 0 saturated heterocycles. The summed E-state index contributed by atoms with van der Waals surface area (Å²) in [6.07, 6.45) is 6.64. The Balaban J connectivity index is 1.94. The van der Waals surface area contributed by atoms with E-state index in [2.05, 4.69) is 9.88 Å². The fourth-order valence-corrected chi connectivity index (χ4v) is 1.65. The van der Waals surface area contributed by atoms with Crippen molar-refractivity contribution >= 4 is 5.91 Å². The van der Waals surface area contributed by atoms with E-state index in [1.54, 1.807) is 0 Å². The van der Waals surface area contributed by atoms with Crippen molar-refractivity contribution in [2.45, 2.75) is 45.8 Å². The maximum atomic E-state index is 11.5. The van der Waals surface area contributed by atoms with E-state index in [1.807, 2.05) is 38.4 Å². The van der Waals surface area contributed by atoms with Crippen LogP contribution in [-0.4, -0.2) is 29.7 Å². The van der Waals surface area contributed by atoms with E-state index >= 15 is 0 Å². The van der Waals surface area contributed by atoms with Gasteiger partial charge in [0.1, 0.15) is 0 Å². The first-order valence-corrected chi connectivity index (χ1v) is 6.67. The Labute approximate surface area is 109 Å². The molecule has 0 saturated carbocycles. The number of aromatic nitrogens is 1. The average molecular weight is 252 g/mol. The Bertz CT molecular complexity index is 321. The van der Waals surface area contributed by atoms with Crippen molar-refractivity contribution in [2.24, 2.45) is 0 Å². The van der Waals surface area contributed by atoms with Crippen LogP contribution in [0.1, 0.15) is 33.1 Å². The van der Waals surface area contributed by atoms with Crippen molar-refractivity contribution in [3.05, 3.63) is 24.5 Å². The lowest BCUT2D eigenvalue weighted by Gasteiger charge is -2.08. The van der Waals surface area contributed by atoms with Gasteiger partial charge in [-0.1, -0.05) is 0 Å². The maximum absolute atomic E-state index is 11.5. The molecule has 1 rings (SSSR count). The number of amides is 1. The van der Waals surface area contributed by atoms with Crippen LogP contribution in [0, 0.1) is 0 Å². The molecule has 1 heterocycles. The van der Waals surface area contributed by atoms with Crippen LogP contribution < -0.4 is 5.32 Å². The van der Waals surface area contributed by atoms with Crippen LogP contribution in [-0.2, 0) is 16.1 Å². The molecule has 0 radical (unpaired) electrons. The van der Waals surface area contributed by atoms with E-state index in [0.29, 0.717) is 19.6 Å². The average Bonchev–Trinajstić information content (AvgIpc) is 2.81. The lowest BCUT2D eigenvalue weighted by molar-refractivity contribution is -0.121. The van der Waals surface area contributed by atoms with Crippen molar-refractivity contribution in [2.75, 3.05) is 13.2 Å². The van der Waals surface area contributed by atoms with Gasteiger partial charge in [-0.15, -0.1) is 0 Å². The minimum Gasteiger partial charge on any atom is -0.379 e. The Morgan fingerprint density at radius 2 is 2.00 bits per heavy atom. The number of aryl methyl sites for hydroxylation is 1. The molecule has 0 atom stereocenters. The van der Waals surface area contributed by atoms with Crippen molar-refractivity contribution in [3.8, 4) is 0 Å². The Morgan fingerprint density at radius 1 is 1.28 bits per heavy atom. The Kier molecular flexibility index (Phi) is 7.18. The summed E-state index contributed by atoms with van der Waals surface area (Å²) in [6.45, 7) is 6.34. The van der Waals surface area contributed by atoms with Crippen LogP contribution in [0.2, 0.25) is 0 Å². The van der Waals surface area contributed by atoms with E-state index in [9.17, 15) is 4.79 Å². The lowest BCUT2D eigenvalue weighted by Crippen LogP contribution is -2.25. The predicted molar refractivity (Wildman–Crippen MR) is 72.4 cm³/mol. The van der Waals surface area contributed by atoms with Gasteiger partial charge in [-0.3, -0.25) is 4.79 Å². The topological polar surface area (TPSA) is 43.3 Å². The number of carbonyl (C=O) groups is 1. The van der Waals surface area contributed by atoms with Gasteiger partial charge in [0, 0.05) is 38.5 Å². The van der Waals surface area contributed by atoms with Gasteiger partial charge in [0.05, 0.1) is 6.10 Å². The third kappa shape index (κ3) is 7.12. The van der Waals surface area contributed by atoms with Gasteiger partial charge < -0.3 is 14.6 Å². The highest BCUT2D eigenvalue weighted by Gasteiger charge is 2.00. The monoisotopic (exact) mass is 252 g/mol. The van der Waals surface area contributed by atoms with E-state index in [0.717, 1.165) is 19.4 Å². The van der Waals surface area contributed by atoms with Crippen molar-refractivity contribution < 1.29 is 9.53 Å². The van der Waals surface area contributed by atoms with Crippen LogP contribution in [0.4, 0.5) is 0 Å². The second-order valence-electron chi connectivity index (χ2n) is 4.65. The number of carbonyl (C=O) groups excluding carboxylic acids is 1. The Morgan fingerprint density at radius 3 is 2.67 bits per heavy atom. The molecule has 0 aromatic carbocycles. The molecule has 0 fully saturated rings. The summed E-state index contributed by atoms with van der Waals surface area (Å²) in [7, 11) is 0. The summed E-state index contributed by atoms with van der Waals surface area (Å²) in [5.41, 5.74) is 0. The van der Waals surface area contributed by atoms with E-state index in [-0.39, 0.29) is 12.0 Å². The highest BCUT2D eigenvalue weighted by Crippen LogP contribution is 1.97. The minimum absolute atomic E-state index is 0.131. The highest BCUT2D eigenvalue weighted by atomic mass is 16.5. The van der Waals surface area contributed by atoms with Gasteiger partial charge in [0.2, 0.25) is 5.91 Å². The number of rotatable bonds is 9. The summed E-state index contributed by atoms with van der Waals surface area (Å²) in [5.74, 6) is 0.131. The third-order valence-electron chi connectivity index (χ3n) is 2.58. The van der Waals surface area contributed by atoms with E-state index < -0.39 is 0 Å². The van der Waals surface area contributed by atoms with E-state index in [4.69, 9.17) is 4.74 Å². The smallest absolute Gasteiger partial charge is 0.220 e. The van der Waals surface area contributed by atoms with Crippen LogP contribution in [0.5, 0.6) is 0 Å². The minimum atomic E-state index is 0.131. The predicted octanol–water partition coefficient (Wildman–Crippen LogP) is 2.20. The molecule has 0 aliphatic heterocycles. The molecule has 0 unspecified atom stereocenters. The van der Waals surface area contributed by atoms with Gasteiger partial charge in [-0.2, -0.15) is 0 Å². The molecule has 0 bridgehead atoms. The third-order valence-corrected chi connectivity index (χ3v) is 2.58. The summed E-state index contributed by atoms with van der Waals surface area (Å²) >= 11 is 0. The summed E-state index contributed by atoms with van der Waals surface area (Å²) < 4.78 is 7.49. The quantitative estimate of drug-likeness (QED) is 0.685. The van der Waals surface area contributed by atoms with Gasteiger partial charge >= 0.3 is 0 Å². The first kappa shape index (κ1) is 14.8. The van der Waals surface area contributed by atoms with Crippen LogP contribution in [0.3, 0.4) is 0 Å². The summed E-state index contributed by atoms with van der Waals surface area (Å²) in [5, 5.41) is 2.91. The van der Waals surface area contributed by atoms with E-state index in [1.165, 1.54) is 0 Å². The molecule has 102 valence electrons. The molecule has 1 aromatic heterocycles.